The van der Waals surface area contributed by atoms with Gasteiger partial charge in [0.1, 0.15) is 5.02 Å². The maximum absolute atomic E-state index is 12.8. The highest BCUT2D eigenvalue weighted by Gasteiger charge is 2.26. The van der Waals surface area contributed by atoms with Gasteiger partial charge in [-0.05, 0) is 34.4 Å². The van der Waals surface area contributed by atoms with Crippen LogP contribution in [0.25, 0.3) is 11.6 Å². The molecule has 0 aromatic heterocycles. The lowest BCUT2D eigenvalue weighted by atomic mass is 9.81. The van der Waals surface area contributed by atoms with Gasteiger partial charge in [0.05, 0.1) is 4.92 Å². The molecule has 3 aromatic carbocycles. The first kappa shape index (κ1) is 16.2. The normalized spacial score (nSPS) is 12.3. The Morgan fingerprint density at radius 3 is 1.92 bits per heavy atom. The van der Waals surface area contributed by atoms with Crippen molar-refractivity contribution in [3.05, 3.63) is 110 Å². The Labute approximate surface area is 154 Å². The number of fused-ring (bicyclic) bond motifs is 2. The van der Waals surface area contributed by atoms with E-state index in [9.17, 15) is 14.9 Å². The average Bonchev–Trinajstić information content (AvgIpc) is 2.66. The molecule has 0 amide bonds. The van der Waals surface area contributed by atoms with Crippen LogP contribution in [0, 0.1) is 10.1 Å². The van der Waals surface area contributed by atoms with E-state index in [4.69, 9.17) is 11.6 Å². The van der Waals surface area contributed by atoms with E-state index in [1.807, 2.05) is 42.5 Å². The Morgan fingerprint density at radius 2 is 1.38 bits per heavy atom. The van der Waals surface area contributed by atoms with Crippen molar-refractivity contribution in [2.24, 2.45) is 0 Å². The fourth-order valence-electron chi connectivity index (χ4n) is 3.20. The molecule has 3 aromatic rings. The van der Waals surface area contributed by atoms with Gasteiger partial charge in [-0.3, -0.25) is 14.9 Å². The van der Waals surface area contributed by atoms with Crippen molar-refractivity contribution in [2.45, 2.75) is 0 Å². The summed E-state index contributed by atoms with van der Waals surface area (Å²) in [5, 5.41) is 11.3. The molecule has 4 nitrogen and oxygen atoms in total. The summed E-state index contributed by atoms with van der Waals surface area (Å²) < 4.78 is 0. The van der Waals surface area contributed by atoms with Crippen LogP contribution in [-0.4, -0.2) is 10.7 Å². The molecular formula is C21H12ClNO3. The number of hydrogen-bond donors (Lipinski definition) is 0. The summed E-state index contributed by atoms with van der Waals surface area (Å²) in [4.78, 5) is 23.4. The fourth-order valence-corrected chi connectivity index (χ4v) is 3.39. The second kappa shape index (κ2) is 6.24. The predicted octanol–water partition coefficient (Wildman–Crippen LogP) is 5.38. The third-order valence-corrected chi connectivity index (χ3v) is 4.72. The van der Waals surface area contributed by atoms with Gasteiger partial charge >= 0.3 is 0 Å². The lowest BCUT2D eigenvalue weighted by Crippen LogP contribution is -2.14. The smallest absolute Gasteiger partial charge is 0.288 e. The van der Waals surface area contributed by atoms with E-state index in [0.29, 0.717) is 16.7 Å². The lowest BCUT2D eigenvalue weighted by Gasteiger charge is -2.21. The maximum atomic E-state index is 12.8. The van der Waals surface area contributed by atoms with Crippen molar-refractivity contribution in [1.29, 1.82) is 0 Å². The highest BCUT2D eigenvalue weighted by atomic mass is 35.5. The molecule has 0 unspecified atom stereocenters. The van der Waals surface area contributed by atoms with Crippen molar-refractivity contribution in [2.75, 3.05) is 0 Å². The molecule has 1 aliphatic carbocycles. The second-order valence-corrected chi connectivity index (χ2v) is 6.35. The lowest BCUT2D eigenvalue weighted by molar-refractivity contribution is -0.384. The molecule has 0 atom stereocenters. The van der Waals surface area contributed by atoms with Crippen LogP contribution in [0.3, 0.4) is 0 Å². The molecule has 1 aliphatic rings. The van der Waals surface area contributed by atoms with Crippen LogP contribution >= 0.6 is 11.6 Å². The minimum atomic E-state index is -0.503. The Morgan fingerprint density at radius 1 is 0.846 bits per heavy atom. The van der Waals surface area contributed by atoms with Crippen molar-refractivity contribution < 1.29 is 9.72 Å². The van der Waals surface area contributed by atoms with Gasteiger partial charge in [0, 0.05) is 17.2 Å². The predicted molar refractivity (Wildman–Crippen MR) is 101 cm³/mol. The molecule has 0 aliphatic heterocycles. The van der Waals surface area contributed by atoms with E-state index in [2.05, 4.69) is 0 Å². The monoisotopic (exact) mass is 361 g/mol. The molecule has 0 N–H and O–H groups in total. The third-order valence-electron chi connectivity index (χ3n) is 4.40. The minimum Gasteiger partial charge on any atom is -0.289 e. The average molecular weight is 362 g/mol. The summed E-state index contributed by atoms with van der Waals surface area (Å²) in [6, 6.07) is 19.5. The SMILES string of the molecule is O=C1c2ccccc2C(=Cc2ccc(Cl)c([N+](=O)[O-])c2)c2ccccc21. The van der Waals surface area contributed by atoms with E-state index in [1.165, 1.54) is 12.1 Å². The van der Waals surface area contributed by atoms with Crippen LogP contribution in [0.1, 0.15) is 32.6 Å². The minimum absolute atomic E-state index is 0.0181. The van der Waals surface area contributed by atoms with E-state index in [0.717, 1.165) is 16.7 Å². The highest BCUT2D eigenvalue weighted by molar-refractivity contribution is 6.32. The van der Waals surface area contributed by atoms with Gasteiger partial charge in [0.25, 0.3) is 5.69 Å². The highest BCUT2D eigenvalue weighted by Crippen LogP contribution is 2.37. The summed E-state index contributed by atoms with van der Waals surface area (Å²) in [7, 11) is 0. The summed E-state index contributed by atoms with van der Waals surface area (Å²) in [5.74, 6) is -0.0181. The quantitative estimate of drug-likeness (QED) is 0.355. The Balaban J connectivity index is 1.96. The molecule has 0 saturated heterocycles. The number of rotatable bonds is 2. The number of ketones is 1. The van der Waals surface area contributed by atoms with Gasteiger partial charge < -0.3 is 0 Å². The van der Waals surface area contributed by atoms with Gasteiger partial charge in [0.2, 0.25) is 0 Å². The molecule has 0 saturated carbocycles. The van der Waals surface area contributed by atoms with Gasteiger partial charge in [0.15, 0.2) is 5.78 Å². The second-order valence-electron chi connectivity index (χ2n) is 5.95. The molecule has 0 radical (unpaired) electrons. The van der Waals surface area contributed by atoms with Gasteiger partial charge in [-0.15, -0.1) is 0 Å². The molecule has 5 heteroatoms. The molecule has 0 heterocycles. The van der Waals surface area contributed by atoms with Crippen LogP contribution in [0.4, 0.5) is 5.69 Å². The standard InChI is InChI=1S/C21H12ClNO3/c22-19-10-9-13(12-20(19)23(25)26)11-18-14-5-1-3-7-16(14)21(24)17-8-4-2-6-15(17)18/h1-12H. The molecule has 126 valence electrons. The van der Waals surface area contributed by atoms with Gasteiger partial charge in [-0.1, -0.05) is 66.2 Å². The van der Waals surface area contributed by atoms with E-state index in [-0.39, 0.29) is 16.5 Å². The van der Waals surface area contributed by atoms with Gasteiger partial charge in [-0.2, -0.15) is 0 Å². The zero-order valence-corrected chi connectivity index (χ0v) is 14.2. The number of hydrogen-bond acceptors (Lipinski definition) is 3. The maximum Gasteiger partial charge on any atom is 0.288 e. The molecule has 0 fully saturated rings. The summed E-state index contributed by atoms with van der Waals surface area (Å²) >= 11 is 5.91. The largest absolute Gasteiger partial charge is 0.289 e. The summed E-state index contributed by atoms with van der Waals surface area (Å²) in [6.07, 6.45) is 1.85. The van der Waals surface area contributed by atoms with Crippen LogP contribution in [0.15, 0.2) is 66.7 Å². The van der Waals surface area contributed by atoms with Gasteiger partial charge in [-0.25, -0.2) is 0 Å². The Bertz CT molecular complexity index is 1050. The fraction of sp³-hybridized carbons (Fsp3) is 0. The number of halogens is 1. The summed E-state index contributed by atoms with van der Waals surface area (Å²) in [6.45, 7) is 0. The van der Waals surface area contributed by atoms with Crippen LogP contribution in [0.2, 0.25) is 5.02 Å². The molecule has 0 spiro atoms. The number of benzene rings is 3. The molecule has 0 bridgehead atoms. The number of nitro groups is 1. The van der Waals surface area contributed by atoms with Crippen molar-refractivity contribution in [3.8, 4) is 0 Å². The number of carbonyl (C=O) groups is 1. The Kier molecular flexibility index (Phi) is 3.90. The number of nitrogens with zero attached hydrogens (tertiary/aromatic N) is 1. The van der Waals surface area contributed by atoms with Crippen LogP contribution in [-0.2, 0) is 0 Å². The first-order valence-electron chi connectivity index (χ1n) is 7.95. The zero-order valence-electron chi connectivity index (χ0n) is 13.5. The van der Waals surface area contributed by atoms with Crippen LogP contribution < -0.4 is 0 Å². The topological polar surface area (TPSA) is 60.2 Å². The first-order valence-corrected chi connectivity index (χ1v) is 8.33. The van der Waals surface area contributed by atoms with Crippen molar-refractivity contribution in [3.63, 3.8) is 0 Å². The molecular weight excluding hydrogens is 350 g/mol. The number of carbonyl (C=O) groups excluding carboxylic acids is 1. The third kappa shape index (κ3) is 2.61. The zero-order chi connectivity index (χ0) is 18.3. The van der Waals surface area contributed by atoms with Crippen LogP contribution in [0.5, 0.6) is 0 Å². The van der Waals surface area contributed by atoms with Crippen molar-refractivity contribution in [1.82, 2.24) is 0 Å². The Hall–Kier alpha value is -3.24. The van der Waals surface area contributed by atoms with E-state index < -0.39 is 4.92 Å². The summed E-state index contributed by atoms with van der Waals surface area (Å²) in [5.41, 5.74) is 4.24. The first-order chi connectivity index (χ1) is 12.6. The molecule has 26 heavy (non-hydrogen) atoms. The van der Waals surface area contributed by atoms with Crippen molar-refractivity contribution >= 4 is 34.7 Å². The molecule has 4 rings (SSSR count). The number of nitro benzene ring substituents is 1. The van der Waals surface area contributed by atoms with E-state index in [1.54, 1.807) is 18.2 Å². The van der Waals surface area contributed by atoms with E-state index >= 15 is 0 Å².